The van der Waals surface area contributed by atoms with E-state index in [2.05, 4.69) is 24.8 Å². The number of nitrogens with one attached hydrogen (secondary N) is 2. The summed E-state index contributed by atoms with van der Waals surface area (Å²) < 4.78 is 49.8. The topological polar surface area (TPSA) is 130 Å². The number of nitrogens with zero attached hydrogens (tertiary/aromatic N) is 3. The van der Waals surface area contributed by atoms with E-state index in [-0.39, 0.29) is 9.79 Å². The van der Waals surface area contributed by atoms with Crippen LogP contribution in [-0.2, 0) is 20.0 Å². The number of pyridine rings is 1. The highest BCUT2D eigenvalue weighted by Crippen LogP contribution is 2.11. The van der Waals surface area contributed by atoms with Gasteiger partial charge >= 0.3 is 0 Å². The van der Waals surface area contributed by atoms with E-state index in [0.29, 0.717) is 22.8 Å². The normalized spacial score (nSPS) is 12.9. The maximum atomic E-state index is 12.4. The molecule has 0 radical (unpaired) electrons. The van der Waals surface area contributed by atoms with Gasteiger partial charge in [0.15, 0.2) is 0 Å². The minimum absolute atomic E-state index is 0.0974. The van der Waals surface area contributed by atoms with E-state index in [0.717, 1.165) is 11.1 Å². The van der Waals surface area contributed by atoms with Gasteiger partial charge in [0.25, 0.3) is 20.0 Å². The third-order valence-electron chi connectivity index (χ3n) is 4.82. The number of hydrogen-bond acceptors (Lipinski definition) is 7. The maximum absolute atomic E-state index is 12.4. The zero-order valence-electron chi connectivity index (χ0n) is 19.1. The van der Waals surface area contributed by atoms with Crippen molar-refractivity contribution < 1.29 is 16.8 Å². The fraction of sp³-hybridized carbons (Fsp3) is 0.174. The lowest BCUT2D eigenvalue weighted by molar-refractivity contribution is 0.583. The van der Waals surface area contributed by atoms with Crippen LogP contribution in [0.5, 0.6) is 0 Å². The first-order valence-electron chi connectivity index (χ1n) is 10.2. The summed E-state index contributed by atoms with van der Waals surface area (Å²) in [5.41, 5.74) is 3.34. The summed E-state index contributed by atoms with van der Waals surface area (Å²) in [6, 6.07) is 17.8. The van der Waals surface area contributed by atoms with Gasteiger partial charge in [-0.2, -0.15) is 36.7 Å². The average molecular weight is 500 g/mol. The minimum Gasteiger partial charge on any atom is -0.245 e. The fourth-order valence-electron chi connectivity index (χ4n) is 2.75. The standard InChI is InChI=1S/C23H25N5O4S2/c1-16-8-12-20(13-9-16)33(29,30)27-25-18(3)22-6-5-7-23(24-22)19(4)26-28-34(31,32)21-14-10-17(2)11-15-21/h5-15,27-28H,1-4H3/b25-18+,26-19+. The lowest BCUT2D eigenvalue weighted by atomic mass is 10.2. The van der Waals surface area contributed by atoms with Crippen LogP contribution in [0.2, 0.25) is 0 Å². The van der Waals surface area contributed by atoms with Crippen LogP contribution in [0.3, 0.4) is 0 Å². The number of hydrogen-bond donors (Lipinski definition) is 2. The summed E-state index contributed by atoms with van der Waals surface area (Å²) in [5.74, 6) is 0. The molecule has 0 saturated carbocycles. The third kappa shape index (κ3) is 6.27. The SMILES string of the molecule is C/C(=N\NS(=O)(=O)c1ccc(C)cc1)c1cccc(/C(C)=N/NS(=O)(=O)c2ccc(C)cc2)n1. The molecule has 2 aromatic carbocycles. The molecular formula is C23H25N5O4S2. The molecule has 3 rings (SSSR count). The highest BCUT2D eigenvalue weighted by atomic mass is 32.2. The van der Waals surface area contributed by atoms with Crippen LogP contribution in [0, 0.1) is 13.8 Å². The first-order valence-corrected chi connectivity index (χ1v) is 13.2. The number of benzene rings is 2. The van der Waals surface area contributed by atoms with Crippen molar-refractivity contribution in [2.45, 2.75) is 37.5 Å². The Morgan fingerprint density at radius 1 is 0.647 bits per heavy atom. The summed E-state index contributed by atoms with van der Waals surface area (Å²) in [5, 5.41) is 7.92. The van der Waals surface area contributed by atoms with Gasteiger partial charge in [0.1, 0.15) is 0 Å². The second-order valence-electron chi connectivity index (χ2n) is 7.62. The highest BCUT2D eigenvalue weighted by Gasteiger charge is 2.14. The van der Waals surface area contributed by atoms with E-state index in [1.54, 1.807) is 56.3 Å². The van der Waals surface area contributed by atoms with Gasteiger partial charge < -0.3 is 0 Å². The molecule has 34 heavy (non-hydrogen) atoms. The summed E-state index contributed by atoms with van der Waals surface area (Å²) in [6.45, 7) is 6.94. The average Bonchev–Trinajstić information content (AvgIpc) is 2.82. The Hall–Kier alpha value is -3.57. The lowest BCUT2D eigenvalue weighted by Crippen LogP contribution is -2.21. The van der Waals surface area contributed by atoms with Gasteiger partial charge in [-0.25, -0.2) is 4.98 Å². The van der Waals surface area contributed by atoms with Crippen molar-refractivity contribution in [3.8, 4) is 0 Å². The molecule has 11 heteroatoms. The van der Waals surface area contributed by atoms with Gasteiger partial charge in [0.05, 0.1) is 32.6 Å². The molecule has 2 N–H and O–H groups in total. The second kappa shape index (κ2) is 10.1. The third-order valence-corrected chi connectivity index (χ3v) is 7.27. The molecule has 0 saturated heterocycles. The molecule has 0 unspecified atom stereocenters. The van der Waals surface area contributed by atoms with Crippen LogP contribution in [0.1, 0.15) is 36.4 Å². The number of hydrazone groups is 2. The van der Waals surface area contributed by atoms with Crippen molar-refractivity contribution >= 4 is 31.5 Å². The Morgan fingerprint density at radius 3 is 1.35 bits per heavy atom. The van der Waals surface area contributed by atoms with Gasteiger partial charge in [-0.15, -0.1) is 0 Å². The zero-order chi connectivity index (χ0) is 24.9. The molecule has 3 aromatic rings. The Balaban J connectivity index is 1.76. The van der Waals surface area contributed by atoms with E-state index in [4.69, 9.17) is 0 Å². The van der Waals surface area contributed by atoms with Crippen molar-refractivity contribution in [1.82, 2.24) is 14.6 Å². The summed E-state index contributed by atoms with van der Waals surface area (Å²) in [7, 11) is -7.65. The molecule has 1 heterocycles. The number of aromatic nitrogens is 1. The predicted octanol–water partition coefficient (Wildman–Crippen LogP) is 3.10. The minimum atomic E-state index is -3.83. The molecular weight excluding hydrogens is 474 g/mol. The first kappa shape index (κ1) is 25.1. The number of aryl methyl sites for hydroxylation is 2. The van der Waals surface area contributed by atoms with Gasteiger partial charge in [0.2, 0.25) is 0 Å². The number of rotatable bonds is 8. The molecule has 0 aliphatic rings. The predicted molar refractivity (Wildman–Crippen MR) is 132 cm³/mol. The molecule has 1 aromatic heterocycles. The molecule has 0 fully saturated rings. The molecule has 178 valence electrons. The van der Waals surface area contributed by atoms with Gasteiger partial charge in [-0.1, -0.05) is 41.5 Å². The van der Waals surface area contributed by atoms with Crippen LogP contribution in [-0.4, -0.2) is 33.2 Å². The molecule has 0 amide bonds. The van der Waals surface area contributed by atoms with E-state index in [1.165, 1.54) is 24.3 Å². The molecule has 0 atom stereocenters. The lowest BCUT2D eigenvalue weighted by Gasteiger charge is -2.08. The van der Waals surface area contributed by atoms with E-state index in [9.17, 15) is 16.8 Å². The molecule has 0 spiro atoms. The highest BCUT2D eigenvalue weighted by molar-refractivity contribution is 7.89. The van der Waals surface area contributed by atoms with Gasteiger partial charge in [0, 0.05) is 0 Å². The van der Waals surface area contributed by atoms with Crippen LogP contribution in [0.25, 0.3) is 0 Å². The van der Waals surface area contributed by atoms with E-state index in [1.807, 2.05) is 13.8 Å². The van der Waals surface area contributed by atoms with E-state index >= 15 is 0 Å². The van der Waals surface area contributed by atoms with E-state index < -0.39 is 20.0 Å². The quantitative estimate of drug-likeness (QED) is 0.363. The van der Waals surface area contributed by atoms with Crippen molar-refractivity contribution in [3.63, 3.8) is 0 Å². The van der Waals surface area contributed by atoms with Crippen LogP contribution in [0.4, 0.5) is 0 Å². The summed E-state index contributed by atoms with van der Waals surface area (Å²) in [6.07, 6.45) is 0. The van der Waals surface area contributed by atoms with Crippen molar-refractivity contribution in [2.24, 2.45) is 10.2 Å². The molecule has 0 aliphatic carbocycles. The van der Waals surface area contributed by atoms with Gasteiger partial charge in [-0.05, 0) is 64.1 Å². The Kier molecular flexibility index (Phi) is 7.48. The zero-order valence-corrected chi connectivity index (χ0v) is 20.8. The second-order valence-corrected chi connectivity index (χ2v) is 10.9. The Morgan fingerprint density at radius 2 is 1.00 bits per heavy atom. The van der Waals surface area contributed by atoms with Gasteiger partial charge in [-0.3, -0.25) is 0 Å². The molecule has 0 aliphatic heterocycles. The maximum Gasteiger partial charge on any atom is 0.276 e. The largest absolute Gasteiger partial charge is 0.276 e. The van der Waals surface area contributed by atoms with Crippen molar-refractivity contribution in [2.75, 3.05) is 0 Å². The smallest absolute Gasteiger partial charge is 0.245 e. The Labute approximate surface area is 199 Å². The number of sulfonamides is 2. The first-order chi connectivity index (χ1) is 16.0. The van der Waals surface area contributed by atoms with Crippen molar-refractivity contribution in [1.29, 1.82) is 0 Å². The molecule has 9 nitrogen and oxygen atoms in total. The monoisotopic (exact) mass is 499 g/mol. The summed E-state index contributed by atoms with van der Waals surface area (Å²) in [4.78, 5) is 9.02. The Bertz CT molecular complexity index is 1340. The summed E-state index contributed by atoms with van der Waals surface area (Å²) >= 11 is 0. The fourth-order valence-corrected chi connectivity index (χ4v) is 4.46. The molecule has 0 bridgehead atoms. The van der Waals surface area contributed by atoms with Crippen LogP contribution >= 0.6 is 0 Å². The van der Waals surface area contributed by atoms with Crippen molar-refractivity contribution in [3.05, 3.63) is 89.2 Å². The van der Waals surface area contributed by atoms with Crippen LogP contribution < -0.4 is 9.66 Å². The van der Waals surface area contributed by atoms with Crippen LogP contribution in [0.15, 0.2) is 86.7 Å².